The number of hydrogen-bond donors (Lipinski definition) is 0. The van der Waals surface area contributed by atoms with E-state index in [2.05, 4.69) is 0 Å². The first-order valence-corrected chi connectivity index (χ1v) is 5.62. The van der Waals surface area contributed by atoms with Crippen LogP contribution in [0.4, 0.5) is 13.2 Å². The molecule has 6 heteroatoms. The van der Waals surface area contributed by atoms with Gasteiger partial charge in [0.1, 0.15) is 6.54 Å². The van der Waals surface area contributed by atoms with E-state index in [0.717, 1.165) is 24.3 Å². The van der Waals surface area contributed by atoms with Crippen molar-refractivity contribution in [3.8, 4) is 6.07 Å². The van der Waals surface area contributed by atoms with Crippen LogP contribution in [0.3, 0.4) is 0 Å². The Balaban J connectivity index is 2.98. The quantitative estimate of drug-likeness (QED) is 0.792. The lowest BCUT2D eigenvalue weighted by Crippen LogP contribution is -2.37. The average molecular weight is 270 g/mol. The summed E-state index contributed by atoms with van der Waals surface area (Å²) in [6.45, 7) is 3.37. The van der Waals surface area contributed by atoms with Crippen molar-refractivity contribution in [1.82, 2.24) is 4.90 Å². The average Bonchev–Trinajstić information content (AvgIpc) is 2.34. The second-order valence-electron chi connectivity index (χ2n) is 4.26. The van der Waals surface area contributed by atoms with Crippen LogP contribution >= 0.6 is 0 Å². The van der Waals surface area contributed by atoms with Gasteiger partial charge in [-0.25, -0.2) is 0 Å². The van der Waals surface area contributed by atoms with E-state index in [1.54, 1.807) is 13.8 Å². The van der Waals surface area contributed by atoms with E-state index in [4.69, 9.17) is 5.26 Å². The molecule has 0 aliphatic carbocycles. The molecule has 0 heterocycles. The minimum atomic E-state index is -4.42. The van der Waals surface area contributed by atoms with E-state index >= 15 is 0 Å². The molecule has 19 heavy (non-hydrogen) atoms. The third kappa shape index (κ3) is 3.71. The van der Waals surface area contributed by atoms with Gasteiger partial charge < -0.3 is 4.90 Å². The van der Waals surface area contributed by atoms with Gasteiger partial charge in [-0.1, -0.05) is 0 Å². The zero-order valence-corrected chi connectivity index (χ0v) is 10.5. The van der Waals surface area contributed by atoms with Crippen LogP contribution < -0.4 is 0 Å². The van der Waals surface area contributed by atoms with E-state index in [1.165, 1.54) is 4.90 Å². The molecule has 102 valence electrons. The topological polar surface area (TPSA) is 44.1 Å². The first kappa shape index (κ1) is 15.0. The van der Waals surface area contributed by atoms with Crippen molar-refractivity contribution in [2.24, 2.45) is 0 Å². The summed E-state index contributed by atoms with van der Waals surface area (Å²) in [6.07, 6.45) is -4.42. The molecule has 0 aliphatic rings. The molecule has 0 spiro atoms. The van der Waals surface area contributed by atoms with Crippen molar-refractivity contribution in [3.63, 3.8) is 0 Å². The fraction of sp³-hybridized carbons (Fsp3) is 0.385. The highest BCUT2D eigenvalue weighted by Crippen LogP contribution is 2.29. The Morgan fingerprint density at radius 1 is 1.32 bits per heavy atom. The van der Waals surface area contributed by atoms with Crippen molar-refractivity contribution >= 4 is 5.91 Å². The lowest BCUT2D eigenvalue weighted by atomic mass is 10.1. The number of halogens is 3. The summed E-state index contributed by atoms with van der Waals surface area (Å²) in [5.74, 6) is -0.453. The number of carbonyl (C=O) groups excluding carboxylic acids is 1. The molecule has 1 aromatic rings. The molecule has 0 unspecified atom stereocenters. The van der Waals surface area contributed by atoms with Gasteiger partial charge in [0.05, 0.1) is 11.6 Å². The monoisotopic (exact) mass is 270 g/mol. The molecule has 0 aromatic heterocycles. The minimum Gasteiger partial charge on any atom is -0.323 e. The van der Waals surface area contributed by atoms with E-state index in [-0.39, 0.29) is 18.2 Å². The maximum atomic E-state index is 12.4. The number of hydrogen-bond acceptors (Lipinski definition) is 2. The van der Waals surface area contributed by atoms with Crippen LogP contribution in [0.5, 0.6) is 0 Å². The molecule has 1 amide bonds. The Labute approximate surface area is 109 Å². The summed E-state index contributed by atoms with van der Waals surface area (Å²) >= 11 is 0. The van der Waals surface area contributed by atoms with E-state index < -0.39 is 17.6 Å². The number of nitrogens with zero attached hydrogens (tertiary/aromatic N) is 2. The van der Waals surface area contributed by atoms with Crippen LogP contribution in [0.2, 0.25) is 0 Å². The fourth-order valence-corrected chi connectivity index (χ4v) is 1.53. The predicted molar refractivity (Wildman–Crippen MR) is 63.2 cm³/mol. The van der Waals surface area contributed by atoms with Gasteiger partial charge in [-0.3, -0.25) is 4.79 Å². The normalized spacial score (nSPS) is 11.2. The summed E-state index contributed by atoms with van der Waals surface area (Å²) in [5, 5.41) is 8.64. The molecule has 0 saturated carbocycles. The van der Waals surface area contributed by atoms with E-state index in [9.17, 15) is 18.0 Å². The summed E-state index contributed by atoms with van der Waals surface area (Å²) in [6, 6.07) is 5.63. The first-order valence-electron chi connectivity index (χ1n) is 5.62. The molecular weight excluding hydrogens is 257 g/mol. The van der Waals surface area contributed by atoms with Crippen LogP contribution in [0.15, 0.2) is 24.3 Å². The Morgan fingerprint density at radius 3 is 2.21 bits per heavy atom. The number of carbonyl (C=O) groups is 1. The maximum Gasteiger partial charge on any atom is 0.416 e. The van der Waals surface area contributed by atoms with Gasteiger partial charge in [-0.2, -0.15) is 18.4 Å². The van der Waals surface area contributed by atoms with E-state index in [1.807, 2.05) is 6.07 Å². The number of rotatable bonds is 3. The molecule has 1 rings (SSSR count). The molecule has 0 atom stereocenters. The highest BCUT2D eigenvalue weighted by molar-refractivity contribution is 5.94. The van der Waals surface area contributed by atoms with Gasteiger partial charge in [0.2, 0.25) is 0 Å². The molecule has 0 aliphatic heterocycles. The molecule has 3 nitrogen and oxygen atoms in total. The van der Waals surface area contributed by atoms with Crippen LogP contribution in [0.1, 0.15) is 29.8 Å². The van der Waals surface area contributed by atoms with Crippen LogP contribution in [0.25, 0.3) is 0 Å². The van der Waals surface area contributed by atoms with Crippen molar-refractivity contribution in [3.05, 3.63) is 35.4 Å². The standard InChI is InChI=1S/C13H13F3N2O/c1-9(2)18(8-7-17)12(19)10-3-5-11(6-4-10)13(14,15)16/h3-6,9H,8H2,1-2H3. The van der Waals surface area contributed by atoms with Crippen molar-refractivity contribution in [2.45, 2.75) is 26.1 Å². The number of alkyl halides is 3. The van der Waals surface area contributed by atoms with Gasteiger partial charge in [-0.05, 0) is 38.1 Å². The van der Waals surface area contributed by atoms with Gasteiger partial charge in [0.25, 0.3) is 5.91 Å². The lowest BCUT2D eigenvalue weighted by molar-refractivity contribution is -0.137. The predicted octanol–water partition coefficient (Wildman–Crippen LogP) is 3.08. The number of amides is 1. The molecule has 0 radical (unpaired) electrons. The molecule has 0 N–H and O–H groups in total. The van der Waals surface area contributed by atoms with Crippen LogP contribution in [-0.4, -0.2) is 23.4 Å². The summed E-state index contributed by atoms with van der Waals surface area (Å²) in [5.41, 5.74) is -0.669. The Bertz CT molecular complexity index is 486. The van der Waals surface area contributed by atoms with Gasteiger partial charge >= 0.3 is 6.18 Å². The SMILES string of the molecule is CC(C)N(CC#N)C(=O)c1ccc(C(F)(F)F)cc1. The molecular formula is C13H13F3N2O. The Morgan fingerprint density at radius 2 is 1.84 bits per heavy atom. The third-order valence-electron chi connectivity index (χ3n) is 2.58. The minimum absolute atomic E-state index is 0.0997. The second kappa shape index (κ2) is 5.74. The van der Waals surface area contributed by atoms with Gasteiger partial charge in [0, 0.05) is 11.6 Å². The highest BCUT2D eigenvalue weighted by Gasteiger charge is 2.30. The molecule has 0 bridgehead atoms. The van der Waals surface area contributed by atoms with Gasteiger partial charge in [-0.15, -0.1) is 0 Å². The Hall–Kier alpha value is -2.03. The zero-order valence-electron chi connectivity index (χ0n) is 10.5. The third-order valence-corrected chi connectivity index (χ3v) is 2.58. The largest absolute Gasteiger partial charge is 0.416 e. The summed E-state index contributed by atoms with van der Waals surface area (Å²) in [4.78, 5) is 13.3. The number of nitriles is 1. The van der Waals surface area contributed by atoms with Crippen molar-refractivity contribution < 1.29 is 18.0 Å². The fourth-order valence-electron chi connectivity index (χ4n) is 1.53. The Kier molecular flexibility index (Phi) is 4.54. The molecule has 0 saturated heterocycles. The van der Waals surface area contributed by atoms with Crippen molar-refractivity contribution in [1.29, 1.82) is 5.26 Å². The van der Waals surface area contributed by atoms with E-state index in [0.29, 0.717) is 0 Å². The lowest BCUT2D eigenvalue weighted by Gasteiger charge is -2.24. The molecule has 0 fully saturated rings. The van der Waals surface area contributed by atoms with Crippen LogP contribution in [0, 0.1) is 11.3 Å². The summed E-state index contributed by atoms with van der Waals surface area (Å²) < 4.78 is 37.2. The first-order chi connectivity index (χ1) is 8.77. The molecule has 1 aromatic carbocycles. The smallest absolute Gasteiger partial charge is 0.323 e. The number of benzene rings is 1. The van der Waals surface area contributed by atoms with Gasteiger partial charge in [0.15, 0.2) is 0 Å². The van der Waals surface area contributed by atoms with Crippen molar-refractivity contribution in [2.75, 3.05) is 6.54 Å². The second-order valence-corrected chi connectivity index (χ2v) is 4.26. The maximum absolute atomic E-state index is 12.4. The summed E-state index contributed by atoms with van der Waals surface area (Å²) in [7, 11) is 0. The van der Waals surface area contributed by atoms with Crippen LogP contribution in [-0.2, 0) is 6.18 Å². The highest BCUT2D eigenvalue weighted by atomic mass is 19.4. The zero-order chi connectivity index (χ0) is 14.6.